The topological polar surface area (TPSA) is 43.8 Å². The third kappa shape index (κ3) is 2.17. The highest BCUT2D eigenvalue weighted by atomic mass is 32.1. The third-order valence-electron chi connectivity index (χ3n) is 3.68. The fourth-order valence-corrected chi connectivity index (χ4v) is 3.57. The van der Waals surface area contributed by atoms with Gasteiger partial charge in [-0.3, -0.25) is 4.68 Å². The first-order valence-corrected chi connectivity index (χ1v) is 7.47. The van der Waals surface area contributed by atoms with Gasteiger partial charge in [-0.15, -0.1) is 11.3 Å². The zero-order valence-electron chi connectivity index (χ0n) is 10.7. The Morgan fingerprint density at radius 3 is 2.72 bits per heavy atom. The zero-order chi connectivity index (χ0) is 12.5. The van der Waals surface area contributed by atoms with Gasteiger partial charge in [-0.25, -0.2) is 0 Å². The Labute approximate surface area is 112 Å². The number of nitrogen functional groups attached to an aromatic ring is 1. The predicted molar refractivity (Wildman–Crippen MR) is 76.8 cm³/mol. The van der Waals surface area contributed by atoms with Crippen LogP contribution in [-0.2, 0) is 0 Å². The van der Waals surface area contributed by atoms with Crippen molar-refractivity contribution in [2.45, 2.75) is 45.1 Å². The van der Waals surface area contributed by atoms with Crippen LogP contribution in [0.5, 0.6) is 0 Å². The number of anilines is 1. The van der Waals surface area contributed by atoms with Crippen LogP contribution >= 0.6 is 11.3 Å². The molecular weight excluding hydrogens is 242 g/mol. The summed E-state index contributed by atoms with van der Waals surface area (Å²) >= 11 is 1.76. The van der Waals surface area contributed by atoms with Crippen LogP contribution in [0, 0.1) is 6.92 Å². The van der Waals surface area contributed by atoms with E-state index in [1.807, 2.05) is 6.20 Å². The summed E-state index contributed by atoms with van der Waals surface area (Å²) in [6.07, 6.45) is 8.49. The van der Waals surface area contributed by atoms with E-state index in [2.05, 4.69) is 23.7 Å². The molecule has 4 heteroatoms. The van der Waals surface area contributed by atoms with E-state index in [1.54, 1.807) is 11.3 Å². The molecule has 1 saturated carbocycles. The van der Waals surface area contributed by atoms with Crippen LogP contribution in [0.1, 0.15) is 43.0 Å². The molecule has 2 aromatic rings. The van der Waals surface area contributed by atoms with Gasteiger partial charge < -0.3 is 5.73 Å². The normalized spacial score (nSPS) is 17.2. The summed E-state index contributed by atoms with van der Waals surface area (Å²) in [5.41, 5.74) is 7.88. The lowest BCUT2D eigenvalue weighted by atomic mass is 9.96. The number of thiophene rings is 1. The van der Waals surface area contributed by atoms with Crippen molar-refractivity contribution >= 4 is 17.0 Å². The lowest BCUT2D eigenvalue weighted by Gasteiger charge is -2.21. The summed E-state index contributed by atoms with van der Waals surface area (Å²) in [4.78, 5) is 2.48. The molecule has 0 saturated heterocycles. The van der Waals surface area contributed by atoms with Gasteiger partial charge in [0.1, 0.15) is 5.69 Å². The third-order valence-corrected chi connectivity index (χ3v) is 4.69. The molecule has 3 nitrogen and oxygen atoms in total. The lowest BCUT2D eigenvalue weighted by molar-refractivity contribution is 0.330. The summed E-state index contributed by atoms with van der Waals surface area (Å²) < 4.78 is 2.10. The van der Waals surface area contributed by atoms with Crippen LogP contribution in [0.25, 0.3) is 10.6 Å². The number of nitrogens with two attached hydrogens (primary N) is 1. The predicted octanol–water partition coefficient (Wildman–Crippen LogP) is 4.01. The fraction of sp³-hybridized carbons (Fsp3) is 0.500. The van der Waals surface area contributed by atoms with E-state index in [0.717, 1.165) is 11.4 Å². The average Bonchev–Trinajstić information content (AvgIpc) is 2.97. The second kappa shape index (κ2) is 4.76. The van der Waals surface area contributed by atoms with Gasteiger partial charge in [0.05, 0.1) is 16.6 Å². The fourth-order valence-electron chi connectivity index (χ4n) is 2.69. The van der Waals surface area contributed by atoms with Crippen LogP contribution in [-0.4, -0.2) is 9.78 Å². The van der Waals surface area contributed by atoms with E-state index in [-0.39, 0.29) is 0 Å². The van der Waals surface area contributed by atoms with Crippen LogP contribution in [0.3, 0.4) is 0 Å². The molecular formula is C14H19N3S. The monoisotopic (exact) mass is 261 g/mol. The van der Waals surface area contributed by atoms with Crippen molar-refractivity contribution in [1.29, 1.82) is 0 Å². The summed E-state index contributed by atoms with van der Waals surface area (Å²) in [6, 6.07) is 4.79. The number of hydrogen-bond acceptors (Lipinski definition) is 3. The highest BCUT2D eigenvalue weighted by molar-refractivity contribution is 7.15. The molecule has 0 unspecified atom stereocenters. The van der Waals surface area contributed by atoms with Crippen LogP contribution in [0.15, 0.2) is 18.3 Å². The van der Waals surface area contributed by atoms with E-state index in [9.17, 15) is 0 Å². The summed E-state index contributed by atoms with van der Waals surface area (Å²) in [5.74, 6) is 0. The number of hydrogen-bond donors (Lipinski definition) is 1. The molecule has 2 aromatic heterocycles. The van der Waals surface area contributed by atoms with Crippen molar-refractivity contribution in [3.05, 3.63) is 23.2 Å². The first-order valence-electron chi connectivity index (χ1n) is 6.65. The van der Waals surface area contributed by atoms with Crippen molar-refractivity contribution in [2.75, 3.05) is 5.73 Å². The summed E-state index contributed by atoms with van der Waals surface area (Å²) in [7, 11) is 0. The number of nitrogens with zero attached hydrogens (tertiary/aromatic N) is 2. The van der Waals surface area contributed by atoms with E-state index >= 15 is 0 Å². The summed E-state index contributed by atoms with van der Waals surface area (Å²) in [6.45, 7) is 2.11. The minimum atomic E-state index is 0.552. The Hall–Kier alpha value is -1.29. The van der Waals surface area contributed by atoms with Crippen molar-refractivity contribution < 1.29 is 0 Å². The second-order valence-electron chi connectivity index (χ2n) is 5.12. The van der Waals surface area contributed by atoms with Gasteiger partial charge in [-0.1, -0.05) is 19.3 Å². The van der Waals surface area contributed by atoms with Gasteiger partial charge >= 0.3 is 0 Å². The lowest BCUT2D eigenvalue weighted by Crippen LogP contribution is -2.13. The standard InChI is InChI=1S/C14H19N3S/c1-10-7-8-13(18-10)14-12(15)9-17(16-14)11-5-3-2-4-6-11/h7-9,11H,2-6,15H2,1H3. The Kier molecular flexibility index (Phi) is 3.12. The molecule has 0 amide bonds. The van der Waals surface area contributed by atoms with E-state index in [0.29, 0.717) is 6.04 Å². The first kappa shape index (κ1) is 11.8. The molecule has 0 aromatic carbocycles. The van der Waals surface area contributed by atoms with Gasteiger partial charge in [-0.2, -0.15) is 5.10 Å². The first-order chi connectivity index (χ1) is 8.74. The molecule has 2 N–H and O–H groups in total. The second-order valence-corrected chi connectivity index (χ2v) is 6.40. The quantitative estimate of drug-likeness (QED) is 0.887. The molecule has 0 aliphatic heterocycles. The van der Waals surface area contributed by atoms with E-state index < -0.39 is 0 Å². The minimum Gasteiger partial charge on any atom is -0.396 e. The van der Waals surface area contributed by atoms with Crippen LogP contribution < -0.4 is 5.73 Å². The SMILES string of the molecule is Cc1ccc(-c2nn(C3CCCCC3)cc2N)s1. The van der Waals surface area contributed by atoms with Crippen molar-refractivity contribution in [3.63, 3.8) is 0 Å². The highest BCUT2D eigenvalue weighted by Crippen LogP contribution is 2.34. The molecule has 1 aliphatic rings. The number of rotatable bonds is 2. The molecule has 0 spiro atoms. The van der Waals surface area contributed by atoms with Gasteiger partial charge in [0, 0.05) is 11.1 Å². The van der Waals surface area contributed by atoms with Crippen molar-refractivity contribution in [2.24, 2.45) is 0 Å². The molecule has 1 fully saturated rings. The van der Waals surface area contributed by atoms with Crippen molar-refractivity contribution in [3.8, 4) is 10.6 Å². The Morgan fingerprint density at radius 2 is 2.06 bits per heavy atom. The van der Waals surface area contributed by atoms with Crippen LogP contribution in [0.4, 0.5) is 5.69 Å². The number of aromatic nitrogens is 2. The largest absolute Gasteiger partial charge is 0.396 e. The smallest absolute Gasteiger partial charge is 0.125 e. The van der Waals surface area contributed by atoms with Gasteiger partial charge in [0.25, 0.3) is 0 Å². The molecule has 0 bridgehead atoms. The minimum absolute atomic E-state index is 0.552. The number of aryl methyl sites for hydroxylation is 1. The van der Waals surface area contributed by atoms with Gasteiger partial charge in [0.2, 0.25) is 0 Å². The molecule has 1 aliphatic carbocycles. The maximum Gasteiger partial charge on any atom is 0.125 e. The molecule has 96 valence electrons. The molecule has 0 atom stereocenters. The van der Waals surface area contributed by atoms with Crippen LogP contribution in [0.2, 0.25) is 0 Å². The Morgan fingerprint density at radius 1 is 1.28 bits per heavy atom. The maximum absolute atomic E-state index is 6.11. The summed E-state index contributed by atoms with van der Waals surface area (Å²) in [5, 5.41) is 4.72. The Balaban J connectivity index is 1.90. The zero-order valence-corrected chi connectivity index (χ0v) is 11.5. The van der Waals surface area contributed by atoms with E-state index in [1.165, 1.54) is 41.9 Å². The highest BCUT2D eigenvalue weighted by Gasteiger charge is 2.18. The maximum atomic E-state index is 6.11. The molecule has 2 heterocycles. The molecule has 18 heavy (non-hydrogen) atoms. The van der Waals surface area contributed by atoms with Gasteiger partial charge in [-0.05, 0) is 31.9 Å². The molecule has 0 radical (unpaired) electrons. The van der Waals surface area contributed by atoms with E-state index in [4.69, 9.17) is 10.8 Å². The average molecular weight is 261 g/mol. The van der Waals surface area contributed by atoms with Crippen molar-refractivity contribution in [1.82, 2.24) is 9.78 Å². The molecule has 3 rings (SSSR count). The van der Waals surface area contributed by atoms with Gasteiger partial charge in [0.15, 0.2) is 0 Å². The Bertz CT molecular complexity index is 535.